The van der Waals surface area contributed by atoms with Gasteiger partial charge in [0.1, 0.15) is 5.82 Å². The van der Waals surface area contributed by atoms with Gasteiger partial charge in [-0.25, -0.2) is 4.68 Å². The van der Waals surface area contributed by atoms with Crippen LogP contribution in [0.3, 0.4) is 0 Å². The van der Waals surface area contributed by atoms with E-state index in [1.165, 1.54) is 5.56 Å². The summed E-state index contributed by atoms with van der Waals surface area (Å²) < 4.78 is 12.5. The van der Waals surface area contributed by atoms with E-state index in [1.807, 2.05) is 34.6 Å². The molecular formula is C23H25N3O3S. The number of aryl methyl sites for hydroxylation is 2. The fourth-order valence-electron chi connectivity index (χ4n) is 3.71. The van der Waals surface area contributed by atoms with Gasteiger partial charge in [0.05, 0.1) is 32.0 Å². The van der Waals surface area contributed by atoms with Crippen molar-refractivity contribution in [3.05, 3.63) is 64.3 Å². The minimum Gasteiger partial charge on any atom is -0.493 e. The molecule has 3 aromatic rings. The molecule has 156 valence electrons. The molecule has 1 aliphatic rings. The van der Waals surface area contributed by atoms with Gasteiger partial charge in [-0.3, -0.25) is 4.79 Å². The molecule has 0 saturated heterocycles. The number of nitrogens with zero attached hydrogens (tertiary/aromatic N) is 2. The van der Waals surface area contributed by atoms with Crippen LogP contribution in [0.5, 0.6) is 11.5 Å². The predicted molar refractivity (Wildman–Crippen MR) is 120 cm³/mol. The van der Waals surface area contributed by atoms with E-state index in [4.69, 9.17) is 14.6 Å². The van der Waals surface area contributed by atoms with Gasteiger partial charge < -0.3 is 14.8 Å². The molecule has 1 amide bonds. The van der Waals surface area contributed by atoms with Gasteiger partial charge in [-0.15, -0.1) is 0 Å². The van der Waals surface area contributed by atoms with Crippen molar-refractivity contribution in [1.29, 1.82) is 0 Å². The number of hydrogen-bond donors (Lipinski definition) is 1. The predicted octanol–water partition coefficient (Wildman–Crippen LogP) is 4.43. The first-order valence-electron chi connectivity index (χ1n) is 9.77. The van der Waals surface area contributed by atoms with Crippen molar-refractivity contribution in [2.75, 3.05) is 19.5 Å². The Morgan fingerprint density at radius 1 is 1.10 bits per heavy atom. The van der Waals surface area contributed by atoms with E-state index in [1.54, 1.807) is 14.2 Å². The number of carbonyl (C=O) groups excluding carboxylic acids is 1. The van der Waals surface area contributed by atoms with Crippen LogP contribution in [0.15, 0.2) is 36.4 Å². The first-order valence-corrected chi connectivity index (χ1v) is 10.9. The van der Waals surface area contributed by atoms with Crippen molar-refractivity contribution in [2.45, 2.75) is 31.8 Å². The maximum absolute atomic E-state index is 12.9. The summed E-state index contributed by atoms with van der Waals surface area (Å²) in [4.78, 5) is 12.9. The van der Waals surface area contributed by atoms with Gasteiger partial charge in [-0.05, 0) is 43.2 Å². The number of thioether (sulfide) groups is 1. The average molecular weight is 424 g/mol. The maximum Gasteiger partial charge on any atom is 0.229 e. The summed E-state index contributed by atoms with van der Waals surface area (Å²) >= 11 is 1.82. The lowest BCUT2D eigenvalue weighted by molar-refractivity contribution is -0.115. The molecule has 4 rings (SSSR count). The fraction of sp³-hybridized carbons (Fsp3) is 0.304. The van der Waals surface area contributed by atoms with E-state index in [0.717, 1.165) is 45.4 Å². The average Bonchev–Trinajstić information content (AvgIpc) is 3.30. The third-order valence-electron chi connectivity index (χ3n) is 5.20. The van der Waals surface area contributed by atoms with Gasteiger partial charge in [0, 0.05) is 17.1 Å². The number of fused-ring (bicyclic) bond motifs is 1. The molecule has 6 nitrogen and oxygen atoms in total. The second-order valence-corrected chi connectivity index (χ2v) is 8.37. The highest BCUT2D eigenvalue weighted by Crippen LogP contribution is 2.37. The molecule has 2 heterocycles. The third kappa shape index (κ3) is 3.89. The zero-order valence-electron chi connectivity index (χ0n) is 17.6. The number of hydrogen-bond acceptors (Lipinski definition) is 5. The van der Waals surface area contributed by atoms with E-state index in [-0.39, 0.29) is 12.3 Å². The Bertz CT molecular complexity index is 1110. The zero-order chi connectivity index (χ0) is 21.3. The van der Waals surface area contributed by atoms with Crippen LogP contribution in [0.4, 0.5) is 5.82 Å². The van der Waals surface area contributed by atoms with Crippen LogP contribution in [0, 0.1) is 13.8 Å². The van der Waals surface area contributed by atoms with Gasteiger partial charge >= 0.3 is 0 Å². The summed E-state index contributed by atoms with van der Waals surface area (Å²) in [5.74, 6) is 3.66. The second-order valence-electron chi connectivity index (χ2n) is 7.38. The number of amides is 1. The van der Waals surface area contributed by atoms with Gasteiger partial charge in [-0.2, -0.15) is 16.9 Å². The summed E-state index contributed by atoms with van der Waals surface area (Å²) in [5, 5.41) is 7.93. The van der Waals surface area contributed by atoms with E-state index in [2.05, 4.69) is 37.4 Å². The normalized spacial score (nSPS) is 12.5. The highest BCUT2D eigenvalue weighted by molar-refractivity contribution is 7.98. The molecule has 1 aliphatic heterocycles. The summed E-state index contributed by atoms with van der Waals surface area (Å²) in [7, 11) is 3.18. The molecule has 0 atom stereocenters. The molecule has 0 fully saturated rings. The Morgan fingerprint density at radius 2 is 1.90 bits per heavy atom. The van der Waals surface area contributed by atoms with E-state index >= 15 is 0 Å². The third-order valence-corrected chi connectivity index (χ3v) is 6.17. The fourth-order valence-corrected chi connectivity index (χ4v) is 4.75. The molecule has 0 unspecified atom stereocenters. The van der Waals surface area contributed by atoms with Crippen LogP contribution >= 0.6 is 11.8 Å². The summed E-state index contributed by atoms with van der Waals surface area (Å²) in [6, 6.07) is 11.8. The number of aromatic nitrogens is 2. The first kappa shape index (κ1) is 20.3. The Kier molecular flexibility index (Phi) is 5.72. The number of rotatable bonds is 6. The lowest BCUT2D eigenvalue weighted by Gasteiger charge is -2.14. The Balaban J connectivity index is 1.62. The SMILES string of the molecule is COc1ccc(CC(=O)Nc2c3c(nn2-c2ccc(C)cc2C)CSC3)cc1OC. The molecule has 0 aliphatic carbocycles. The molecule has 0 spiro atoms. The highest BCUT2D eigenvalue weighted by atomic mass is 32.2. The monoisotopic (exact) mass is 423 g/mol. The van der Waals surface area contributed by atoms with E-state index in [0.29, 0.717) is 11.5 Å². The number of carbonyl (C=O) groups is 1. The lowest BCUT2D eigenvalue weighted by Crippen LogP contribution is -2.18. The van der Waals surface area contributed by atoms with E-state index < -0.39 is 0 Å². The quantitative estimate of drug-likeness (QED) is 0.635. The minimum absolute atomic E-state index is 0.0900. The van der Waals surface area contributed by atoms with Crippen molar-refractivity contribution in [3.8, 4) is 17.2 Å². The van der Waals surface area contributed by atoms with Gasteiger partial charge in [0.25, 0.3) is 0 Å². The molecule has 30 heavy (non-hydrogen) atoms. The van der Waals surface area contributed by atoms with Crippen molar-refractivity contribution in [3.63, 3.8) is 0 Å². The smallest absolute Gasteiger partial charge is 0.229 e. The summed E-state index contributed by atoms with van der Waals surface area (Å²) in [6.45, 7) is 4.14. The van der Waals surface area contributed by atoms with Gasteiger partial charge in [-0.1, -0.05) is 23.8 Å². The number of ether oxygens (including phenoxy) is 2. The molecule has 1 N–H and O–H groups in total. The Hall–Kier alpha value is -2.93. The summed E-state index contributed by atoms with van der Waals surface area (Å²) in [6.07, 6.45) is 0.236. The Morgan fingerprint density at radius 3 is 2.63 bits per heavy atom. The largest absolute Gasteiger partial charge is 0.493 e. The van der Waals surface area contributed by atoms with Crippen LogP contribution in [0.1, 0.15) is 27.9 Å². The van der Waals surface area contributed by atoms with Crippen molar-refractivity contribution in [1.82, 2.24) is 9.78 Å². The molecular weight excluding hydrogens is 398 g/mol. The van der Waals surface area contributed by atoms with Gasteiger partial charge in [0.15, 0.2) is 11.5 Å². The minimum atomic E-state index is -0.0900. The number of benzene rings is 2. The van der Waals surface area contributed by atoms with Crippen molar-refractivity contribution >= 4 is 23.5 Å². The molecule has 7 heteroatoms. The number of nitrogens with one attached hydrogen (secondary N) is 1. The van der Waals surface area contributed by atoms with Crippen LogP contribution in [-0.4, -0.2) is 29.9 Å². The lowest BCUT2D eigenvalue weighted by atomic mass is 10.1. The van der Waals surface area contributed by atoms with Gasteiger partial charge in [0.2, 0.25) is 5.91 Å². The van der Waals surface area contributed by atoms with Crippen LogP contribution in [-0.2, 0) is 22.7 Å². The Labute approximate surface area is 180 Å². The number of methoxy groups -OCH3 is 2. The highest BCUT2D eigenvalue weighted by Gasteiger charge is 2.25. The molecule has 0 radical (unpaired) electrons. The molecule has 1 aromatic heterocycles. The molecule has 0 bridgehead atoms. The van der Waals surface area contributed by atoms with Crippen LogP contribution < -0.4 is 14.8 Å². The molecule has 0 saturated carbocycles. The molecule has 2 aromatic carbocycles. The zero-order valence-corrected chi connectivity index (χ0v) is 18.4. The van der Waals surface area contributed by atoms with Crippen LogP contribution in [0.25, 0.3) is 5.69 Å². The first-order chi connectivity index (χ1) is 14.5. The van der Waals surface area contributed by atoms with Crippen LogP contribution in [0.2, 0.25) is 0 Å². The number of anilines is 1. The second kappa shape index (κ2) is 8.44. The van der Waals surface area contributed by atoms with E-state index in [9.17, 15) is 4.79 Å². The van der Waals surface area contributed by atoms with Crippen molar-refractivity contribution < 1.29 is 14.3 Å². The topological polar surface area (TPSA) is 65.4 Å². The summed E-state index contributed by atoms with van der Waals surface area (Å²) in [5.41, 5.74) is 6.32. The standard InChI is InChI=1S/C23H25N3O3S/c1-14-5-7-19(15(2)9-14)26-23(17-12-30-13-18(17)25-26)24-22(27)11-16-6-8-20(28-3)21(10-16)29-4/h5-10H,11-13H2,1-4H3,(H,24,27). The maximum atomic E-state index is 12.9. The van der Waals surface area contributed by atoms with Crippen molar-refractivity contribution in [2.24, 2.45) is 0 Å².